The molecule has 0 saturated heterocycles. The highest BCUT2D eigenvalue weighted by molar-refractivity contribution is 6.31. The molecule has 1 fully saturated rings. The van der Waals surface area contributed by atoms with Gasteiger partial charge in [-0.15, -0.1) is 0 Å². The van der Waals surface area contributed by atoms with Crippen molar-refractivity contribution in [2.24, 2.45) is 5.92 Å². The maximum atomic E-state index is 14.1. The molecule has 0 aromatic heterocycles. The normalized spacial score (nSPS) is 21.2. The van der Waals surface area contributed by atoms with Crippen LogP contribution in [0.4, 0.5) is 14.9 Å². The van der Waals surface area contributed by atoms with Crippen molar-refractivity contribution < 1.29 is 13.9 Å². The van der Waals surface area contributed by atoms with Crippen LogP contribution in [-0.2, 0) is 4.74 Å². The molecule has 2 atom stereocenters. The molecule has 134 valence electrons. The Labute approximate surface area is 148 Å². The molecule has 0 bridgehead atoms. The maximum absolute atomic E-state index is 14.1. The Balaban J connectivity index is 1.95. The minimum absolute atomic E-state index is 0.0988. The molecule has 1 aliphatic carbocycles. The smallest absolute Gasteiger partial charge is 0.407 e. The molecule has 2 rings (SSSR count). The zero-order chi connectivity index (χ0) is 17.7. The third kappa shape index (κ3) is 5.55. The van der Waals surface area contributed by atoms with Gasteiger partial charge in [-0.1, -0.05) is 30.5 Å². The molecule has 1 aromatic rings. The van der Waals surface area contributed by atoms with Crippen molar-refractivity contribution in [1.29, 1.82) is 0 Å². The van der Waals surface area contributed by atoms with E-state index in [9.17, 15) is 9.18 Å². The molecular weight excluding hydrogens is 331 g/mol. The molecule has 0 radical (unpaired) electrons. The number of benzene rings is 1. The fourth-order valence-corrected chi connectivity index (χ4v) is 3.16. The van der Waals surface area contributed by atoms with E-state index in [0.717, 1.165) is 25.7 Å². The number of nitrogens with one attached hydrogen (secondary N) is 2. The number of amides is 1. The van der Waals surface area contributed by atoms with Crippen LogP contribution in [0.1, 0.15) is 46.5 Å². The summed E-state index contributed by atoms with van der Waals surface area (Å²) in [5, 5.41) is 6.20. The Morgan fingerprint density at radius 2 is 2.04 bits per heavy atom. The van der Waals surface area contributed by atoms with Gasteiger partial charge in [0.1, 0.15) is 5.60 Å². The van der Waals surface area contributed by atoms with Gasteiger partial charge >= 0.3 is 6.09 Å². The van der Waals surface area contributed by atoms with Crippen LogP contribution < -0.4 is 10.6 Å². The number of hydrogen-bond acceptors (Lipinski definition) is 3. The summed E-state index contributed by atoms with van der Waals surface area (Å²) in [6, 6.07) is 5.05. The summed E-state index contributed by atoms with van der Waals surface area (Å²) >= 11 is 5.84. The number of hydrogen-bond donors (Lipinski definition) is 2. The Morgan fingerprint density at radius 3 is 2.75 bits per heavy atom. The molecule has 0 aliphatic heterocycles. The van der Waals surface area contributed by atoms with Crippen LogP contribution in [0.15, 0.2) is 18.2 Å². The summed E-state index contributed by atoms with van der Waals surface area (Å²) in [6.07, 6.45) is 3.70. The summed E-state index contributed by atoms with van der Waals surface area (Å²) in [5.74, 6) is -0.201. The van der Waals surface area contributed by atoms with E-state index in [1.807, 2.05) is 20.8 Å². The first kappa shape index (κ1) is 18.8. The van der Waals surface area contributed by atoms with Gasteiger partial charge in [-0.2, -0.15) is 0 Å². The zero-order valence-corrected chi connectivity index (χ0v) is 15.3. The maximum Gasteiger partial charge on any atom is 0.407 e. The molecule has 2 N–H and O–H groups in total. The van der Waals surface area contributed by atoms with Gasteiger partial charge in [0.05, 0.1) is 10.7 Å². The second-order valence-corrected chi connectivity index (χ2v) is 7.69. The lowest BCUT2D eigenvalue weighted by Gasteiger charge is -2.33. The number of alkyl carbamates (subject to hydrolysis) is 1. The Bertz CT molecular complexity index is 575. The van der Waals surface area contributed by atoms with Crippen LogP contribution in [-0.4, -0.2) is 24.3 Å². The van der Waals surface area contributed by atoms with Crippen LogP contribution in [0.2, 0.25) is 5.02 Å². The third-order valence-electron chi connectivity index (χ3n) is 4.11. The predicted molar refractivity (Wildman–Crippen MR) is 95.0 cm³/mol. The molecule has 4 nitrogen and oxygen atoms in total. The third-order valence-corrected chi connectivity index (χ3v) is 4.40. The number of carbonyl (C=O) groups is 1. The first-order chi connectivity index (χ1) is 11.3. The van der Waals surface area contributed by atoms with Crippen molar-refractivity contribution in [2.45, 2.75) is 58.1 Å². The Kier molecular flexibility index (Phi) is 6.33. The summed E-state index contributed by atoms with van der Waals surface area (Å²) in [6.45, 7) is 6.01. The summed E-state index contributed by atoms with van der Waals surface area (Å²) in [5.41, 5.74) is -0.102. The average molecular weight is 357 g/mol. The summed E-state index contributed by atoms with van der Waals surface area (Å²) < 4.78 is 19.4. The van der Waals surface area contributed by atoms with E-state index in [1.165, 1.54) is 6.07 Å². The topological polar surface area (TPSA) is 50.4 Å². The largest absolute Gasteiger partial charge is 0.444 e. The zero-order valence-electron chi connectivity index (χ0n) is 14.5. The molecule has 1 aromatic carbocycles. The van der Waals surface area contributed by atoms with Crippen molar-refractivity contribution in [3.63, 3.8) is 0 Å². The number of halogens is 2. The van der Waals surface area contributed by atoms with Crippen molar-refractivity contribution >= 4 is 23.4 Å². The first-order valence-corrected chi connectivity index (χ1v) is 8.81. The minimum atomic E-state index is -0.516. The van der Waals surface area contributed by atoms with E-state index in [4.69, 9.17) is 16.3 Å². The van der Waals surface area contributed by atoms with Gasteiger partial charge in [0.25, 0.3) is 0 Å². The lowest BCUT2D eigenvalue weighted by Crippen LogP contribution is -2.42. The number of ether oxygens (including phenoxy) is 1. The fourth-order valence-electron chi connectivity index (χ4n) is 2.99. The van der Waals surface area contributed by atoms with Gasteiger partial charge in [0.2, 0.25) is 0 Å². The molecular formula is C18H26ClFN2O2. The second-order valence-electron chi connectivity index (χ2n) is 7.28. The van der Waals surface area contributed by atoms with E-state index in [2.05, 4.69) is 10.6 Å². The molecule has 24 heavy (non-hydrogen) atoms. The number of rotatable bonds is 4. The van der Waals surface area contributed by atoms with E-state index in [-0.39, 0.29) is 17.0 Å². The van der Waals surface area contributed by atoms with Gasteiger partial charge in [-0.05, 0) is 51.7 Å². The SMILES string of the molecule is CC(C)(C)OC(=O)NCC1CCCCC1Nc1cccc(Cl)c1F. The van der Waals surface area contributed by atoms with Crippen LogP contribution in [0, 0.1) is 11.7 Å². The minimum Gasteiger partial charge on any atom is -0.444 e. The Morgan fingerprint density at radius 1 is 1.33 bits per heavy atom. The quantitative estimate of drug-likeness (QED) is 0.800. The molecule has 0 spiro atoms. The highest BCUT2D eigenvalue weighted by Gasteiger charge is 2.27. The van der Waals surface area contributed by atoms with Crippen LogP contribution in [0.25, 0.3) is 0 Å². The molecule has 2 unspecified atom stereocenters. The monoisotopic (exact) mass is 356 g/mol. The van der Waals surface area contributed by atoms with Crippen molar-refractivity contribution in [3.8, 4) is 0 Å². The summed E-state index contributed by atoms with van der Waals surface area (Å²) in [7, 11) is 0. The number of anilines is 1. The summed E-state index contributed by atoms with van der Waals surface area (Å²) in [4.78, 5) is 11.8. The van der Waals surface area contributed by atoms with E-state index in [0.29, 0.717) is 12.2 Å². The second kappa shape index (κ2) is 8.06. The molecule has 0 heterocycles. The lowest BCUT2D eigenvalue weighted by atomic mass is 9.84. The van der Waals surface area contributed by atoms with Crippen molar-refractivity contribution in [2.75, 3.05) is 11.9 Å². The van der Waals surface area contributed by atoms with Gasteiger partial charge in [-0.3, -0.25) is 0 Å². The lowest BCUT2D eigenvalue weighted by molar-refractivity contribution is 0.0514. The van der Waals surface area contributed by atoms with Gasteiger partial charge < -0.3 is 15.4 Å². The van der Waals surface area contributed by atoms with Gasteiger partial charge in [-0.25, -0.2) is 9.18 Å². The highest BCUT2D eigenvalue weighted by Crippen LogP contribution is 2.29. The van der Waals surface area contributed by atoms with Crippen LogP contribution >= 0.6 is 11.6 Å². The van der Waals surface area contributed by atoms with E-state index < -0.39 is 17.5 Å². The highest BCUT2D eigenvalue weighted by atomic mass is 35.5. The molecule has 6 heteroatoms. The van der Waals surface area contributed by atoms with E-state index in [1.54, 1.807) is 12.1 Å². The Hall–Kier alpha value is -1.49. The fraction of sp³-hybridized carbons (Fsp3) is 0.611. The van der Waals surface area contributed by atoms with Crippen molar-refractivity contribution in [1.82, 2.24) is 5.32 Å². The van der Waals surface area contributed by atoms with Gasteiger partial charge in [0, 0.05) is 12.6 Å². The predicted octanol–water partition coefficient (Wildman–Crippen LogP) is 4.97. The standard InChI is InChI=1S/C18H26ClFN2O2/c1-18(2,3)24-17(23)21-11-12-7-4-5-9-14(12)22-15-10-6-8-13(19)16(15)20/h6,8,10,12,14,22H,4-5,7,9,11H2,1-3H3,(H,21,23). The van der Waals surface area contributed by atoms with Gasteiger partial charge in [0.15, 0.2) is 5.82 Å². The molecule has 1 amide bonds. The molecule has 1 saturated carbocycles. The molecule has 1 aliphatic rings. The first-order valence-electron chi connectivity index (χ1n) is 8.43. The number of carbonyl (C=O) groups excluding carboxylic acids is 1. The van der Waals surface area contributed by atoms with Crippen LogP contribution in [0.3, 0.4) is 0 Å². The van der Waals surface area contributed by atoms with Crippen LogP contribution in [0.5, 0.6) is 0 Å². The van der Waals surface area contributed by atoms with E-state index >= 15 is 0 Å². The average Bonchev–Trinajstić information content (AvgIpc) is 2.49. The van der Waals surface area contributed by atoms with Crippen molar-refractivity contribution in [3.05, 3.63) is 29.0 Å².